The summed E-state index contributed by atoms with van der Waals surface area (Å²) in [7, 11) is 0. The van der Waals surface area contributed by atoms with Crippen molar-refractivity contribution < 1.29 is 19.1 Å². The summed E-state index contributed by atoms with van der Waals surface area (Å²) < 4.78 is 10.7. The van der Waals surface area contributed by atoms with Crippen LogP contribution in [0.1, 0.15) is 11.3 Å². The zero-order valence-corrected chi connectivity index (χ0v) is 16.3. The van der Waals surface area contributed by atoms with Gasteiger partial charge in [-0.15, -0.1) is 0 Å². The number of rotatable bonds is 5. The molecule has 0 unspecified atom stereocenters. The van der Waals surface area contributed by atoms with Crippen molar-refractivity contribution in [3.63, 3.8) is 0 Å². The molecule has 4 rings (SSSR count). The molecule has 3 aromatic rings. The Kier molecular flexibility index (Phi) is 5.18. The molecular weight excluding hydrogens is 392 g/mol. The number of ether oxygens (including phenoxy) is 2. The lowest BCUT2D eigenvalue weighted by molar-refractivity contribution is -0.141. The van der Waals surface area contributed by atoms with E-state index in [-0.39, 0.29) is 24.7 Å². The van der Waals surface area contributed by atoms with Gasteiger partial charge < -0.3 is 14.8 Å². The summed E-state index contributed by atoms with van der Waals surface area (Å²) >= 11 is 6.41. The molecule has 0 spiro atoms. The number of para-hydroxylation sites is 2. The second-order valence-electron chi connectivity index (χ2n) is 6.50. The molecule has 1 N–H and O–H groups in total. The summed E-state index contributed by atoms with van der Waals surface area (Å²) in [5, 5.41) is 4.31. The molecule has 6 nitrogen and oxygen atoms in total. The van der Waals surface area contributed by atoms with Crippen LogP contribution in [0.15, 0.2) is 66.1 Å². The van der Waals surface area contributed by atoms with Crippen molar-refractivity contribution in [3.05, 3.63) is 82.3 Å². The maximum Gasteiger partial charge on any atom is 0.347 e. The second kappa shape index (κ2) is 7.93. The molecule has 7 heteroatoms. The molecule has 1 aliphatic heterocycles. The molecule has 0 saturated carbocycles. The predicted octanol–water partition coefficient (Wildman–Crippen LogP) is 4.16. The lowest BCUT2D eigenvalue weighted by atomic mass is 10.1. The van der Waals surface area contributed by atoms with Crippen molar-refractivity contribution in [1.29, 1.82) is 0 Å². The number of nitrogens with one attached hydrogen (secondary N) is 1. The van der Waals surface area contributed by atoms with Crippen LogP contribution in [0.3, 0.4) is 0 Å². The van der Waals surface area contributed by atoms with Crippen LogP contribution in [0, 0.1) is 6.92 Å². The maximum atomic E-state index is 12.6. The lowest BCUT2D eigenvalue weighted by Gasteiger charge is -2.11. The molecule has 0 bridgehead atoms. The van der Waals surface area contributed by atoms with Gasteiger partial charge >= 0.3 is 5.97 Å². The van der Waals surface area contributed by atoms with Crippen LogP contribution in [-0.2, 0) is 25.7 Å². The highest BCUT2D eigenvalue weighted by molar-refractivity contribution is 6.32. The first kappa shape index (κ1) is 19.0. The zero-order chi connectivity index (χ0) is 20.4. The molecule has 146 valence electrons. The van der Waals surface area contributed by atoms with Crippen LogP contribution in [0.5, 0.6) is 0 Å². The first-order valence-electron chi connectivity index (χ1n) is 8.98. The fraction of sp³-hybridized carbons (Fsp3) is 0.136. The van der Waals surface area contributed by atoms with Crippen molar-refractivity contribution >= 4 is 39.9 Å². The van der Waals surface area contributed by atoms with Crippen molar-refractivity contribution in [2.24, 2.45) is 0 Å². The van der Waals surface area contributed by atoms with Gasteiger partial charge in [0, 0.05) is 11.1 Å². The van der Waals surface area contributed by atoms with Crippen LogP contribution in [0.25, 0.3) is 10.9 Å². The van der Waals surface area contributed by atoms with E-state index in [1.165, 1.54) is 0 Å². The number of hydrogen-bond acceptors (Lipinski definition) is 6. The number of halogens is 1. The third-order valence-corrected chi connectivity index (χ3v) is 5.08. The van der Waals surface area contributed by atoms with E-state index in [2.05, 4.69) is 10.3 Å². The standard InChI is InChI=1S/C22H17ClN2O4/c1-13-15-9-5-6-10-16(15)25-17(20(13)23)11-29-22(27)19-18(26)12-28-21(19)24-14-7-3-2-4-8-14/h2-10,24H,11-12H2,1H3. The Hall–Kier alpha value is -3.38. The third kappa shape index (κ3) is 3.79. The number of Topliss-reactive ketones (excluding diaryl/α,β-unsaturated/α-hetero) is 1. The normalized spacial score (nSPS) is 13.5. The number of anilines is 1. The highest BCUT2D eigenvalue weighted by Gasteiger charge is 2.32. The molecule has 0 aliphatic carbocycles. The van der Waals surface area contributed by atoms with Gasteiger partial charge in [-0.25, -0.2) is 9.78 Å². The molecular formula is C22H17ClN2O4. The minimum atomic E-state index is -0.783. The van der Waals surface area contributed by atoms with E-state index >= 15 is 0 Å². The molecule has 1 aromatic heterocycles. The van der Waals surface area contributed by atoms with Crippen LogP contribution in [0.2, 0.25) is 5.02 Å². The number of nitrogens with zero attached hydrogens (tertiary/aromatic N) is 1. The molecule has 1 aliphatic rings. The molecule has 2 aromatic carbocycles. The van der Waals surface area contributed by atoms with Crippen molar-refractivity contribution in [3.8, 4) is 0 Å². The van der Waals surface area contributed by atoms with Crippen LogP contribution < -0.4 is 5.32 Å². The molecule has 0 amide bonds. The van der Waals surface area contributed by atoms with E-state index in [0.717, 1.165) is 16.5 Å². The highest BCUT2D eigenvalue weighted by Crippen LogP contribution is 2.28. The number of aryl methyl sites for hydroxylation is 1. The van der Waals surface area contributed by atoms with E-state index in [1.807, 2.05) is 49.4 Å². The van der Waals surface area contributed by atoms with E-state index < -0.39 is 11.8 Å². The summed E-state index contributed by atoms with van der Waals surface area (Å²) in [6, 6.07) is 16.7. The number of carbonyl (C=O) groups excluding carboxylic acids is 2. The van der Waals surface area contributed by atoms with Gasteiger partial charge in [-0.05, 0) is 30.7 Å². The number of hydrogen-bond donors (Lipinski definition) is 1. The zero-order valence-electron chi connectivity index (χ0n) is 15.6. The number of aromatic nitrogens is 1. The van der Waals surface area contributed by atoms with Gasteiger partial charge in [-0.3, -0.25) is 4.79 Å². The molecule has 0 fully saturated rings. The summed E-state index contributed by atoms with van der Waals surface area (Å²) in [5.74, 6) is -1.14. The SMILES string of the molecule is Cc1c(Cl)c(COC(=O)C2=C(Nc3ccccc3)OCC2=O)nc2ccccc12. The quantitative estimate of drug-likeness (QED) is 0.504. The molecule has 0 saturated heterocycles. The lowest BCUT2D eigenvalue weighted by Crippen LogP contribution is -2.17. The highest BCUT2D eigenvalue weighted by atomic mass is 35.5. The molecule has 0 atom stereocenters. The van der Waals surface area contributed by atoms with Crippen molar-refractivity contribution in [2.75, 3.05) is 11.9 Å². The topological polar surface area (TPSA) is 77.5 Å². The maximum absolute atomic E-state index is 12.6. The van der Waals surface area contributed by atoms with E-state index in [9.17, 15) is 9.59 Å². The Labute approximate surface area is 172 Å². The van der Waals surface area contributed by atoms with Gasteiger partial charge in [0.2, 0.25) is 11.7 Å². The Morgan fingerprint density at radius 1 is 1.17 bits per heavy atom. The van der Waals surface area contributed by atoms with Crippen molar-refractivity contribution in [1.82, 2.24) is 4.98 Å². The third-order valence-electron chi connectivity index (χ3n) is 4.58. The number of esters is 1. The first-order chi connectivity index (χ1) is 14.0. The van der Waals surface area contributed by atoms with Gasteiger partial charge in [0.15, 0.2) is 12.2 Å². The van der Waals surface area contributed by atoms with E-state index in [1.54, 1.807) is 12.1 Å². The molecule has 0 radical (unpaired) electrons. The van der Waals surface area contributed by atoms with E-state index in [4.69, 9.17) is 21.1 Å². The van der Waals surface area contributed by atoms with Gasteiger partial charge in [0.25, 0.3) is 0 Å². The van der Waals surface area contributed by atoms with Crippen LogP contribution >= 0.6 is 11.6 Å². The average molecular weight is 409 g/mol. The minimum absolute atomic E-state index is 0.0833. The van der Waals surface area contributed by atoms with Gasteiger partial charge in [0.1, 0.15) is 6.61 Å². The summed E-state index contributed by atoms with van der Waals surface area (Å²) in [6.07, 6.45) is 0. The predicted molar refractivity (Wildman–Crippen MR) is 109 cm³/mol. The fourth-order valence-electron chi connectivity index (χ4n) is 3.09. The number of fused-ring (bicyclic) bond motifs is 1. The van der Waals surface area contributed by atoms with Gasteiger partial charge in [-0.2, -0.15) is 0 Å². The largest absolute Gasteiger partial charge is 0.470 e. The summed E-state index contributed by atoms with van der Waals surface area (Å²) in [4.78, 5) is 29.2. The van der Waals surface area contributed by atoms with Crippen LogP contribution in [-0.4, -0.2) is 23.3 Å². The Bertz CT molecular complexity index is 1140. The monoisotopic (exact) mass is 408 g/mol. The first-order valence-corrected chi connectivity index (χ1v) is 9.35. The number of benzene rings is 2. The average Bonchev–Trinajstić information content (AvgIpc) is 3.10. The minimum Gasteiger partial charge on any atom is -0.470 e. The van der Waals surface area contributed by atoms with Gasteiger partial charge in [0.05, 0.1) is 16.2 Å². The Morgan fingerprint density at radius 3 is 2.69 bits per heavy atom. The number of carbonyl (C=O) groups is 2. The Morgan fingerprint density at radius 2 is 1.90 bits per heavy atom. The number of pyridine rings is 1. The van der Waals surface area contributed by atoms with Gasteiger partial charge in [-0.1, -0.05) is 48.0 Å². The van der Waals surface area contributed by atoms with Crippen molar-refractivity contribution in [2.45, 2.75) is 13.5 Å². The fourth-order valence-corrected chi connectivity index (χ4v) is 3.28. The van der Waals surface area contributed by atoms with Crippen LogP contribution in [0.4, 0.5) is 5.69 Å². The number of ketones is 1. The van der Waals surface area contributed by atoms with E-state index in [0.29, 0.717) is 16.4 Å². The molecule has 29 heavy (non-hydrogen) atoms. The smallest absolute Gasteiger partial charge is 0.347 e. The summed E-state index contributed by atoms with van der Waals surface area (Å²) in [6.45, 7) is 1.52. The summed E-state index contributed by atoms with van der Waals surface area (Å²) in [5.41, 5.74) is 2.58. The second-order valence-corrected chi connectivity index (χ2v) is 6.88. The molecule has 2 heterocycles. The Balaban J connectivity index is 1.56.